The summed E-state index contributed by atoms with van der Waals surface area (Å²) < 4.78 is 60.1. The van der Waals surface area contributed by atoms with Crippen LogP contribution in [0.2, 0.25) is 0 Å². The number of imidazole rings is 1. The van der Waals surface area contributed by atoms with Crippen molar-refractivity contribution in [3.8, 4) is 5.75 Å². The second-order valence-electron chi connectivity index (χ2n) is 7.40. The summed E-state index contributed by atoms with van der Waals surface area (Å²) in [6, 6.07) is 6.89. The standard InChI is InChI=1S/C16H20N5O13P3/c17-14-11-15(19-7-18-14)21(8-20-11)16-13(23)12(22)10(31-16)6-30-35(24,25)33-37(28,29)34-36(26,27)32-9-4-2-1-3-5-9/h1-5,7-8,10,12-13,16,22-23H,6H2,(H,24,25)(H,26,27)(H,28,29)(H2,17,18,19)/t10-,12-,13-,16?/m1/s1. The zero-order chi connectivity index (χ0) is 27.0. The van der Waals surface area contributed by atoms with E-state index in [9.17, 15) is 38.6 Å². The first kappa shape index (κ1) is 27.7. The van der Waals surface area contributed by atoms with E-state index >= 15 is 0 Å². The van der Waals surface area contributed by atoms with E-state index in [0.29, 0.717) is 0 Å². The van der Waals surface area contributed by atoms with Gasteiger partial charge in [-0.2, -0.15) is 8.62 Å². The highest BCUT2D eigenvalue weighted by Crippen LogP contribution is 2.67. The maximum absolute atomic E-state index is 12.2. The lowest BCUT2D eigenvalue weighted by atomic mass is 10.1. The smallest absolute Gasteiger partial charge is 0.404 e. The fraction of sp³-hybridized carbons (Fsp3) is 0.312. The summed E-state index contributed by atoms with van der Waals surface area (Å²) in [4.78, 5) is 40.9. The molecule has 4 rings (SSSR count). The molecular formula is C16H20N5O13P3. The molecule has 4 unspecified atom stereocenters. The number of para-hydroxylation sites is 1. The maximum atomic E-state index is 12.2. The van der Waals surface area contributed by atoms with Crippen LogP contribution in [0.25, 0.3) is 11.2 Å². The lowest BCUT2D eigenvalue weighted by Gasteiger charge is -2.20. The molecule has 0 amide bonds. The number of rotatable bonds is 10. The van der Waals surface area contributed by atoms with E-state index in [0.717, 1.165) is 6.33 Å². The third-order valence-electron chi connectivity index (χ3n) is 4.78. The first-order valence-electron chi connectivity index (χ1n) is 10.0. The van der Waals surface area contributed by atoms with Crippen LogP contribution in [0.4, 0.5) is 5.82 Å². The van der Waals surface area contributed by atoms with Crippen molar-refractivity contribution >= 4 is 40.4 Å². The molecule has 7 atom stereocenters. The monoisotopic (exact) mass is 583 g/mol. The van der Waals surface area contributed by atoms with Gasteiger partial charge in [-0.3, -0.25) is 14.0 Å². The minimum atomic E-state index is -5.71. The van der Waals surface area contributed by atoms with Crippen molar-refractivity contribution in [1.82, 2.24) is 19.5 Å². The number of phosphoric ester groups is 2. The molecule has 1 saturated heterocycles. The molecule has 2 aromatic heterocycles. The third kappa shape index (κ3) is 6.59. The SMILES string of the molecule is Nc1ncnc2c1ncn2C1O[C@H](COP(=O)(O)OP(=O)(O)OP(=O)(O)Oc2ccccc2)[C@@H](O)[C@H]1O. The summed E-state index contributed by atoms with van der Waals surface area (Å²) in [6.45, 7) is -0.941. The number of nitrogens with two attached hydrogens (primary N) is 1. The molecule has 7 N–H and O–H groups in total. The number of hydrogen-bond acceptors (Lipinski definition) is 14. The summed E-state index contributed by atoms with van der Waals surface area (Å²) in [5, 5.41) is 20.7. The normalized spacial score (nSPS) is 26.8. The Morgan fingerprint density at radius 1 is 0.946 bits per heavy atom. The molecule has 18 nitrogen and oxygen atoms in total. The second kappa shape index (κ2) is 10.5. The van der Waals surface area contributed by atoms with E-state index in [2.05, 4.69) is 32.6 Å². The van der Waals surface area contributed by atoms with Gasteiger partial charge >= 0.3 is 23.5 Å². The molecule has 0 bridgehead atoms. The Labute approximate surface area is 207 Å². The summed E-state index contributed by atoms with van der Waals surface area (Å²) in [6.07, 6.45) is -3.66. The van der Waals surface area contributed by atoms with Gasteiger partial charge in [-0.1, -0.05) is 18.2 Å². The number of benzene rings is 1. The first-order valence-corrected chi connectivity index (χ1v) is 14.5. The lowest BCUT2D eigenvalue weighted by molar-refractivity contribution is -0.0503. The number of ether oxygens (including phenoxy) is 1. The van der Waals surface area contributed by atoms with Crippen molar-refractivity contribution in [2.75, 3.05) is 12.3 Å². The zero-order valence-electron chi connectivity index (χ0n) is 18.3. The van der Waals surface area contributed by atoms with Gasteiger partial charge in [-0.15, -0.1) is 0 Å². The number of fused-ring (bicyclic) bond motifs is 1. The fourth-order valence-electron chi connectivity index (χ4n) is 3.25. The Hall–Kier alpha value is -2.30. The molecule has 1 aliphatic rings. The number of hydrogen-bond donors (Lipinski definition) is 6. The summed E-state index contributed by atoms with van der Waals surface area (Å²) in [5.41, 5.74) is 6.06. The number of nitrogens with zero attached hydrogens (tertiary/aromatic N) is 4. The molecule has 0 saturated carbocycles. The van der Waals surface area contributed by atoms with Gasteiger partial charge in [0.15, 0.2) is 17.7 Å². The number of aliphatic hydroxyl groups excluding tert-OH is 2. The minimum absolute atomic E-state index is 0.0484. The average molecular weight is 583 g/mol. The predicted octanol–water partition coefficient (Wildman–Crippen LogP) is 0.458. The van der Waals surface area contributed by atoms with E-state index < -0.39 is 54.6 Å². The number of aromatic nitrogens is 4. The molecule has 3 heterocycles. The molecule has 0 spiro atoms. The van der Waals surface area contributed by atoms with Gasteiger partial charge in [0, 0.05) is 0 Å². The number of anilines is 1. The Morgan fingerprint density at radius 3 is 2.32 bits per heavy atom. The summed E-state index contributed by atoms with van der Waals surface area (Å²) in [5.74, 6) is -0.163. The number of aliphatic hydroxyl groups is 2. The van der Waals surface area contributed by atoms with Gasteiger partial charge in [0.05, 0.1) is 12.9 Å². The topological polar surface area (TPSA) is 268 Å². The minimum Gasteiger partial charge on any atom is -0.404 e. The Kier molecular flexibility index (Phi) is 7.84. The van der Waals surface area contributed by atoms with Crippen LogP contribution in [0.3, 0.4) is 0 Å². The molecule has 1 aromatic carbocycles. The van der Waals surface area contributed by atoms with Gasteiger partial charge in [0.2, 0.25) is 0 Å². The van der Waals surface area contributed by atoms with Crippen LogP contribution in [0.1, 0.15) is 6.23 Å². The molecular weight excluding hydrogens is 563 g/mol. The fourth-order valence-corrected chi connectivity index (χ4v) is 6.77. The van der Waals surface area contributed by atoms with Crippen molar-refractivity contribution in [2.45, 2.75) is 24.5 Å². The Bertz CT molecular complexity index is 1410. The van der Waals surface area contributed by atoms with Crippen LogP contribution < -0.4 is 10.3 Å². The number of nitrogen functional groups attached to an aromatic ring is 1. The molecule has 21 heteroatoms. The molecule has 3 aromatic rings. The largest absolute Gasteiger partial charge is 0.536 e. The predicted molar refractivity (Wildman–Crippen MR) is 120 cm³/mol. The van der Waals surface area contributed by atoms with Crippen LogP contribution in [-0.2, 0) is 31.6 Å². The van der Waals surface area contributed by atoms with E-state index in [1.54, 1.807) is 6.07 Å². The Morgan fingerprint density at radius 2 is 1.62 bits per heavy atom. The third-order valence-corrected chi connectivity index (χ3v) is 9.00. The van der Waals surface area contributed by atoms with Gasteiger partial charge < -0.3 is 35.0 Å². The first-order chi connectivity index (χ1) is 17.3. The summed E-state index contributed by atoms with van der Waals surface area (Å²) in [7, 11) is -16.5. The van der Waals surface area contributed by atoms with Crippen LogP contribution in [0.15, 0.2) is 43.0 Å². The van der Waals surface area contributed by atoms with Crippen LogP contribution in [0.5, 0.6) is 5.75 Å². The van der Waals surface area contributed by atoms with Crippen molar-refractivity contribution in [3.63, 3.8) is 0 Å². The van der Waals surface area contributed by atoms with Crippen molar-refractivity contribution in [1.29, 1.82) is 0 Å². The highest BCUT2D eigenvalue weighted by Gasteiger charge is 2.47. The Balaban J connectivity index is 1.38. The summed E-state index contributed by atoms with van der Waals surface area (Å²) >= 11 is 0. The molecule has 1 fully saturated rings. The van der Waals surface area contributed by atoms with Crippen LogP contribution in [-0.4, -0.2) is 69.3 Å². The van der Waals surface area contributed by atoms with Gasteiger partial charge in [0.25, 0.3) is 0 Å². The van der Waals surface area contributed by atoms with Gasteiger partial charge in [-0.25, -0.2) is 28.6 Å². The van der Waals surface area contributed by atoms with Crippen LogP contribution >= 0.6 is 23.5 Å². The van der Waals surface area contributed by atoms with Crippen molar-refractivity contribution in [2.24, 2.45) is 0 Å². The quantitative estimate of drug-likeness (QED) is 0.177. The van der Waals surface area contributed by atoms with Crippen LogP contribution in [0, 0.1) is 0 Å². The average Bonchev–Trinajstić information content (AvgIpc) is 3.33. The number of phosphoric acid groups is 3. The van der Waals surface area contributed by atoms with Crippen molar-refractivity contribution in [3.05, 3.63) is 43.0 Å². The molecule has 0 radical (unpaired) electrons. The van der Waals surface area contributed by atoms with Gasteiger partial charge in [0.1, 0.15) is 35.9 Å². The van der Waals surface area contributed by atoms with E-state index in [1.807, 2.05) is 0 Å². The lowest BCUT2D eigenvalue weighted by Crippen LogP contribution is -2.33. The molecule has 1 aliphatic heterocycles. The maximum Gasteiger partial charge on any atom is 0.536 e. The van der Waals surface area contributed by atoms with Crippen molar-refractivity contribution < 1.29 is 61.0 Å². The highest BCUT2D eigenvalue weighted by molar-refractivity contribution is 7.67. The van der Waals surface area contributed by atoms with E-state index in [-0.39, 0.29) is 22.7 Å². The van der Waals surface area contributed by atoms with Gasteiger partial charge in [-0.05, 0) is 12.1 Å². The molecule has 37 heavy (non-hydrogen) atoms. The second-order valence-corrected chi connectivity index (χ2v) is 12.0. The van der Waals surface area contributed by atoms with E-state index in [1.165, 1.54) is 35.2 Å². The molecule has 0 aliphatic carbocycles. The molecule has 202 valence electrons. The zero-order valence-corrected chi connectivity index (χ0v) is 21.0. The van der Waals surface area contributed by atoms with E-state index in [4.69, 9.17) is 10.5 Å². The highest BCUT2D eigenvalue weighted by atomic mass is 31.3.